The van der Waals surface area contributed by atoms with Crippen molar-refractivity contribution in [1.82, 2.24) is 30.0 Å². The van der Waals surface area contributed by atoms with Gasteiger partial charge in [-0.1, -0.05) is 35.9 Å². The van der Waals surface area contributed by atoms with Crippen LogP contribution in [-0.4, -0.2) is 95.6 Å². The number of nitrogens with two attached hydrogens (primary N) is 1. The quantitative estimate of drug-likeness (QED) is 0.162. The summed E-state index contributed by atoms with van der Waals surface area (Å²) >= 11 is 6.08. The molecule has 5 N–H and O–H groups in total. The Morgan fingerprint density at radius 1 is 1.04 bits per heavy atom. The van der Waals surface area contributed by atoms with Crippen LogP contribution in [0.1, 0.15) is 57.9 Å². The van der Waals surface area contributed by atoms with E-state index in [0.29, 0.717) is 37.2 Å². The summed E-state index contributed by atoms with van der Waals surface area (Å²) in [7, 11) is 0. The van der Waals surface area contributed by atoms with Gasteiger partial charge in [-0.2, -0.15) is 4.68 Å². The Bertz CT molecular complexity index is 2180. The van der Waals surface area contributed by atoms with Crippen molar-refractivity contribution in [3.8, 4) is 5.69 Å². The van der Waals surface area contributed by atoms with Gasteiger partial charge in [-0.05, 0) is 94.4 Å². The molecule has 0 saturated carbocycles. The Hall–Kier alpha value is -6.26. The zero-order valence-corrected chi connectivity index (χ0v) is 29.3. The maximum Gasteiger partial charge on any atom is 0.335 e. The number of aliphatic carboxylic acids is 1. The van der Waals surface area contributed by atoms with Gasteiger partial charge in [0.2, 0.25) is 11.8 Å². The Morgan fingerprint density at radius 2 is 1.81 bits per heavy atom. The third-order valence-electron chi connectivity index (χ3n) is 9.34. The summed E-state index contributed by atoms with van der Waals surface area (Å²) in [6.07, 6.45) is 6.50. The number of carbonyl (C=O) groups excluding carboxylic acids is 3. The molecule has 1 unspecified atom stereocenters. The van der Waals surface area contributed by atoms with Gasteiger partial charge in [-0.15, -0.1) is 5.10 Å². The molecule has 278 valence electrons. The van der Waals surface area contributed by atoms with Crippen LogP contribution in [0.2, 0.25) is 5.02 Å². The fourth-order valence-electron chi connectivity index (χ4n) is 6.53. The van der Waals surface area contributed by atoms with E-state index in [-0.39, 0.29) is 47.1 Å². The summed E-state index contributed by atoms with van der Waals surface area (Å²) < 4.78 is 16.5. The lowest BCUT2D eigenvalue weighted by atomic mass is 9.84. The van der Waals surface area contributed by atoms with E-state index < -0.39 is 41.7 Å². The number of carboxylic acids is 2. The molecular weight excluding hydrogens is 723 g/mol. The summed E-state index contributed by atoms with van der Waals surface area (Å²) in [4.78, 5) is 66.4. The number of fused-ring (bicyclic) bond motifs is 1. The summed E-state index contributed by atoms with van der Waals surface area (Å²) in [5.41, 5.74) is 9.30. The molecule has 6 rings (SSSR count). The highest BCUT2D eigenvalue weighted by Crippen LogP contribution is 2.37. The Balaban J connectivity index is 1.30. The van der Waals surface area contributed by atoms with Gasteiger partial charge in [0, 0.05) is 43.4 Å². The van der Waals surface area contributed by atoms with Gasteiger partial charge in [0.05, 0.1) is 16.3 Å². The van der Waals surface area contributed by atoms with Crippen LogP contribution in [0, 0.1) is 5.82 Å². The second-order valence-corrected chi connectivity index (χ2v) is 13.0. The van der Waals surface area contributed by atoms with E-state index in [9.17, 15) is 29.1 Å². The number of rotatable bonds is 11. The Kier molecular flexibility index (Phi) is 11.2. The zero-order chi connectivity index (χ0) is 38.5. The van der Waals surface area contributed by atoms with E-state index in [4.69, 9.17) is 22.4 Å². The van der Waals surface area contributed by atoms with E-state index >= 15 is 4.39 Å². The second kappa shape index (κ2) is 16.2. The molecule has 3 heterocycles. The molecule has 54 heavy (non-hydrogen) atoms. The van der Waals surface area contributed by atoms with Crippen LogP contribution < -0.4 is 11.1 Å². The van der Waals surface area contributed by atoms with Crippen LogP contribution in [-0.2, 0) is 25.6 Å². The molecule has 4 aromatic rings. The largest absolute Gasteiger partial charge is 0.480 e. The predicted molar refractivity (Wildman–Crippen MR) is 194 cm³/mol. The standard InChI is InChI=1S/C37H34ClFN8O7/c38-28-9-11-30(47-20-41-43-44-47)27(33(28)39)8-12-32(49)46-19-16-25-24(21-14-17-45(18-15-21)31(48)13-10-29(40)37(53)54)2-1-3-26(25)34(46)35(50)42-23-6-4-22(5-7-23)36(51)52/h1-9,11-12,14,20,29,34H,10,13,15-19,40H2,(H,42,50)(H,51,52)(H,53,54)/b12-8+/t29-,34?/m0/s1. The number of nitrogens with zero attached hydrogens (tertiary/aromatic N) is 6. The van der Waals surface area contributed by atoms with Crippen LogP contribution in [0.25, 0.3) is 17.3 Å². The fraction of sp³-hybridized carbons (Fsp3) is 0.243. The number of aromatic carboxylic acids is 1. The van der Waals surface area contributed by atoms with Crippen LogP contribution in [0.5, 0.6) is 0 Å². The van der Waals surface area contributed by atoms with Crippen molar-refractivity contribution in [2.45, 2.75) is 37.8 Å². The van der Waals surface area contributed by atoms with E-state index in [2.05, 4.69) is 20.8 Å². The summed E-state index contributed by atoms with van der Waals surface area (Å²) in [5, 5.41) is 32.0. The number of tetrazole rings is 1. The first-order valence-electron chi connectivity index (χ1n) is 16.8. The van der Waals surface area contributed by atoms with Gasteiger partial charge in [-0.3, -0.25) is 19.2 Å². The highest BCUT2D eigenvalue weighted by atomic mass is 35.5. The van der Waals surface area contributed by atoms with Crippen LogP contribution in [0.4, 0.5) is 10.1 Å². The normalized spacial score (nSPS) is 16.1. The van der Waals surface area contributed by atoms with Crippen molar-refractivity contribution in [2.75, 3.05) is 25.0 Å². The third-order valence-corrected chi connectivity index (χ3v) is 9.64. The van der Waals surface area contributed by atoms with Crippen LogP contribution in [0.15, 0.2) is 73.1 Å². The first-order valence-corrected chi connectivity index (χ1v) is 17.2. The van der Waals surface area contributed by atoms with Crippen molar-refractivity contribution in [3.63, 3.8) is 0 Å². The van der Waals surface area contributed by atoms with Gasteiger partial charge in [0.1, 0.15) is 18.4 Å². The molecule has 0 radical (unpaired) electrons. The maximum atomic E-state index is 15.3. The molecule has 15 nitrogen and oxygen atoms in total. The smallest absolute Gasteiger partial charge is 0.335 e. The minimum atomic E-state index is -1.16. The maximum absolute atomic E-state index is 15.3. The fourth-order valence-corrected chi connectivity index (χ4v) is 6.70. The summed E-state index contributed by atoms with van der Waals surface area (Å²) in [5.74, 6) is -4.45. The van der Waals surface area contributed by atoms with E-state index in [0.717, 1.165) is 22.8 Å². The molecule has 17 heteroatoms. The molecular formula is C37H34ClFN8O7. The lowest BCUT2D eigenvalue weighted by Crippen LogP contribution is -2.45. The van der Waals surface area contributed by atoms with Crippen molar-refractivity contribution >= 4 is 58.6 Å². The van der Waals surface area contributed by atoms with Gasteiger partial charge < -0.3 is 31.1 Å². The monoisotopic (exact) mass is 756 g/mol. The number of nitrogens with one attached hydrogen (secondary N) is 1. The summed E-state index contributed by atoms with van der Waals surface area (Å²) in [6, 6.07) is 11.6. The van der Waals surface area contributed by atoms with E-state index in [1.54, 1.807) is 17.0 Å². The van der Waals surface area contributed by atoms with Crippen molar-refractivity contribution < 1.29 is 38.6 Å². The molecule has 1 aromatic heterocycles. The molecule has 0 bridgehead atoms. The number of hydrogen-bond donors (Lipinski definition) is 4. The third kappa shape index (κ3) is 8.04. The van der Waals surface area contributed by atoms with Gasteiger partial charge in [0.25, 0.3) is 5.91 Å². The zero-order valence-electron chi connectivity index (χ0n) is 28.6. The minimum absolute atomic E-state index is 0.00837. The lowest BCUT2D eigenvalue weighted by Gasteiger charge is -2.37. The number of benzene rings is 3. The number of anilines is 1. The molecule has 3 aromatic carbocycles. The first-order chi connectivity index (χ1) is 25.9. The molecule has 0 fully saturated rings. The Labute approximate surface area is 312 Å². The number of amides is 3. The van der Waals surface area contributed by atoms with Crippen molar-refractivity contribution in [3.05, 3.63) is 112 Å². The SMILES string of the molecule is N[C@@H](CCC(=O)N1CC=C(c2cccc3c2CCN(C(=O)/C=C/c2c(-n4cnnn4)ccc(Cl)c2F)C3C(=O)Nc2ccc(C(=O)O)cc2)CC1)C(=O)O. The molecule has 0 aliphatic carbocycles. The molecule has 0 saturated heterocycles. The van der Waals surface area contributed by atoms with Gasteiger partial charge >= 0.3 is 11.9 Å². The second-order valence-electron chi connectivity index (χ2n) is 12.6. The molecule has 2 aliphatic rings. The van der Waals surface area contributed by atoms with Gasteiger partial charge in [0.15, 0.2) is 5.82 Å². The highest BCUT2D eigenvalue weighted by molar-refractivity contribution is 6.31. The lowest BCUT2D eigenvalue weighted by molar-refractivity contribution is -0.139. The number of halogens is 2. The molecule has 2 atom stereocenters. The predicted octanol–water partition coefficient (Wildman–Crippen LogP) is 3.74. The number of hydrogen-bond acceptors (Lipinski definition) is 9. The minimum Gasteiger partial charge on any atom is -0.480 e. The number of carbonyl (C=O) groups is 5. The van der Waals surface area contributed by atoms with Crippen LogP contribution >= 0.6 is 11.6 Å². The average Bonchev–Trinajstić information content (AvgIpc) is 3.71. The highest BCUT2D eigenvalue weighted by Gasteiger charge is 2.37. The van der Waals surface area contributed by atoms with Crippen molar-refractivity contribution in [2.24, 2.45) is 5.73 Å². The molecule has 3 amide bonds. The molecule has 0 spiro atoms. The Morgan fingerprint density at radius 3 is 2.48 bits per heavy atom. The first kappa shape index (κ1) is 37.5. The van der Waals surface area contributed by atoms with Gasteiger partial charge in [-0.25, -0.2) is 9.18 Å². The average molecular weight is 757 g/mol. The van der Waals surface area contributed by atoms with E-state index in [1.165, 1.54) is 58.4 Å². The molecule has 2 aliphatic heterocycles. The topological polar surface area (TPSA) is 214 Å². The number of aromatic nitrogens is 4. The van der Waals surface area contributed by atoms with Crippen molar-refractivity contribution in [1.29, 1.82) is 0 Å². The number of carboxylic acid groups (broad SMARTS) is 2. The summed E-state index contributed by atoms with van der Waals surface area (Å²) in [6.45, 7) is 0.816. The van der Waals surface area contributed by atoms with Crippen LogP contribution in [0.3, 0.4) is 0 Å². The van der Waals surface area contributed by atoms with E-state index in [1.807, 2.05) is 12.1 Å².